The highest BCUT2D eigenvalue weighted by Gasteiger charge is 2.18. The largest absolute Gasteiger partial charge is 0.481 e. The van der Waals surface area contributed by atoms with Crippen LogP contribution < -0.4 is 10.1 Å². The predicted molar refractivity (Wildman–Crippen MR) is 97.2 cm³/mol. The summed E-state index contributed by atoms with van der Waals surface area (Å²) in [6.07, 6.45) is -0.678. The van der Waals surface area contributed by atoms with Gasteiger partial charge in [-0.05, 0) is 68.7 Å². The maximum absolute atomic E-state index is 12.4. The Balaban J connectivity index is 2.11. The van der Waals surface area contributed by atoms with Crippen LogP contribution in [0.4, 0.5) is 5.69 Å². The van der Waals surface area contributed by atoms with Crippen LogP contribution in [-0.2, 0) is 9.53 Å². The van der Waals surface area contributed by atoms with Gasteiger partial charge in [0.1, 0.15) is 5.75 Å². The van der Waals surface area contributed by atoms with Crippen molar-refractivity contribution >= 4 is 17.6 Å². The third-order valence-electron chi connectivity index (χ3n) is 4.16. The van der Waals surface area contributed by atoms with Crippen molar-refractivity contribution in [2.24, 2.45) is 0 Å². The topological polar surface area (TPSA) is 64.6 Å². The number of esters is 1. The first-order valence-electron chi connectivity index (χ1n) is 8.06. The number of amides is 1. The fraction of sp³-hybridized carbons (Fsp3) is 0.300. The van der Waals surface area contributed by atoms with E-state index in [0.29, 0.717) is 22.6 Å². The zero-order valence-electron chi connectivity index (χ0n) is 15.2. The summed E-state index contributed by atoms with van der Waals surface area (Å²) >= 11 is 0. The quantitative estimate of drug-likeness (QED) is 0.840. The Morgan fingerprint density at radius 3 is 2.40 bits per heavy atom. The van der Waals surface area contributed by atoms with E-state index >= 15 is 0 Å². The van der Waals surface area contributed by atoms with Crippen molar-refractivity contribution in [2.45, 2.75) is 33.8 Å². The molecule has 0 spiro atoms. The van der Waals surface area contributed by atoms with E-state index in [1.807, 2.05) is 32.0 Å². The molecule has 2 aromatic rings. The van der Waals surface area contributed by atoms with Crippen LogP contribution in [0.3, 0.4) is 0 Å². The molecule has 2 rings (SSSR count). The highest BCUT2D eigenvalue weighted by molar-refractivity contribution is 5.98. The number of methoxy groups -OCH3 is 1. The van der Waals surface area contributed by atoms with E-state index in [0.717, 1.165) is 5.56 Å². The second-order valence-corrected chi connectivity index (χ2v) is 5.97. The van der Waals surface area contributed by atoms with E-state index in [-0.39, 0.29) is 5.91 Å². The lowest BCUT2D eigenvalue weighted by Gasteiger charge is -2.17. The van der Waals surface area contributed by atoms with Crippen LogP contribution in [0.25, 0.3) is 0 Å². The van der Waals surface area contributed by atoms with E-state index in [9.17, 15) is 9.59 Å². The fourth-order valence-electron chi connectivity index (χ4n) is 2.38. The lowest BCUT2D eigenvalue weighted by molar-refractivity contribution is -0.122. The van der Waals surface area contributed by atoms with Gasteiger partial charge >= 0.3 is 5.97 Å². The molecule has 0 saturated carbocycles. The Kier molecular flexibility index (Phi) is 5.80. The van der Waals surface area contributed by atoms with Gasteiger partial charge in [-0.3, -0.25) is 4.79 Å². The van der Waals surface area contributed by atoms with Gasteiger partial charge in [0.2, 0.25) is 0 Å². The summed E-state index contributed by atoms with van der Waals surface area (Å²) < 4.78 is 10.5. The molecule has 0 aromatic heterocycles. The van der Waals surface area contributed by atoms with Gasteiger partial charge in [0.15, 0.2) is 6.10 Å². The number of carbonyl (C=O) groups excluding carboxylic acids is 2. The standard InChI is InChI=1S/C20H23NO4/c1-12-9-10-16(11-13(12)2)25-15(4)19(22)21-18-8-6-7-17(14(18)3)20(23)24-5/h6-11,15H,1-5H3,(H,21,22)/t15-/m1/s1. The normalized spacial score (nSPS) is 11.6. The first-order valence-corrected chi connectivity index (χ1v) is 8.06. The van der Waals surface area contributed by atoms with Crippen molar-refractivity contribution in [3.8, 4) is 5.75 Å². The maximum atomic E-state index is 12.4. The minimum atomic E-state index is -0.678. The Hall–Kier alpha value is -2.82. The lowest BCUT2D eigenvalue weighted by atomic mass is 10.1. The van der Waals surface area contributed by atoms with Gasteiger partial charge < -0.3 is 14.8 Å². The van der Waals surface area contributed by atoms with Crippen LogP contribution in [-0.4, -0.2) is 25.1 Å². The zero-order valence-corrected chi connectivity index (χ0v) is 15.2. The highest BCUT2D eigenvalue weighted by Crippen LogP contribution is 2.21. The monoisotopic (exact) mass is 341 g/mol. The molecule has 25 heavy (non-hydrogen) atoms. The molecule has 0 bridgehead atoms. The van der Waals surface area contributed by atoms with Gasteiger partial charge in [0, 0.05) is 5.69 Å². The maximum Gasteiger partial charge on any atom is 0.338 e. The Bertz CT molecular complexity index is 798. The van der Waals surface area contributed by atoms with Crippen LogP contribution in [0.5, 0.6) is 5.75 Å². The Morgan fingerprint density at radius 1 is 1.04 bits per heavy atom. The third-order valence-corrected chi connectivity index (χ3v) is 4.16. The molecule has 0 aliphatic carbocycles. The number of anilines is 1. The summed E-state index contributed by atoms with van der Waals surface area (Å²) in [6.45, 7) is 7.46. The summed E-state index contributed by atoms with van der Waals surface area (Å²) in [6, 6.07) is 10.8. The highest BCUT2D eigenvalue weighted by atomic mass is 16.5. The molecule has 1 N–H and O–H groups in total. The van der Waals surface area contributed by atoms with Crippen LogP contribution in [0, 0.1) is 20.8 Å². The van der Waals surface area contributed by atoms with Crippen molar-refractivity contribution in [2.75, 3.05) is 12.4 Å². The van der Waals surface area contributed by atoms with E-state index in [1.165, 1.54) is 12.7 Å². The average Bonchev–Trinajstić information content (AvgIpc) is 2.59. The Morgan fingerprint density at radius 2 is 1.76 bits per heavy atom. The van der Waals surface area contributed by atoms with Gasteiger partial charge in [0.25, 0.3) is 5.91 Å². The molecule has 5 heteroatoms. The minimum absolute atomic E-state index is 0.289. The molecule has 1 amide bonds. The molecule has 0 heterocycles. The molecular weight excluding hydrogens is 318 g/mol. The van der Waals surface area contributed by atoms with Gasteiger partial charge in [-0.2, -0.15) is 0 Å². The van der Waals surface area contributed by atoms with Crippen molar-refractivity contribution in [1.29, 1.82) is 0 Å². The smallest absolute Gasteiger partial charge is 0.338 e. The van der Waals surface area contributed by atoms with Gasteiger partial charge in [-0.1, -0.05) is 12.1 Å². The number of aryl methyl sites for hydroxylation is 2. The van der Waals surface area contributed by atoms with Crippen molar-refractivity contribution in [3.05, 3.63) is 58.7 Å². The van der Waals surface area contributed by atoms with Crippen LogP contribution in [0.1, 0.15) is 34.0 Å². The SMILES string of the molecule is COC(=O)c1cccc(NC(=O)[C@@H](C)Oc2ccc(C)c(C)c2)c1C. The van der Waals surface area contributed by atoms with Crippen molar-refractivity contribution < 1.29 is 19.1 Å². The van der Waals surface area contributed by atoms with Gasteiger partial charge in [0.05, 0.1) is 12.7 Å². The molecule has 0 saturated heterocycles. The van der Waals surface area contributed by atoms with E-state index in [4.69, 9.17) is 9.47 Å². The van der Waals surface area contributed by atoms with Crippen molar-refractivity contribution in [3.63, 3.8) is 0 Å². The molecule has 0 unspecified atom stereocenters. The molecule has 0 fully saturated rings. The number of hydrogen-bond donors (Lipinski definition) is 1. The molecule has 0 aliphatic heterocycles. The number of nitrogens with one attached hydrogen (secondary N) is 1. The number of ether oxygens (including phenoxy) is 2. The third kappa shape index (κ3) is 4.38. The minimum Gasteiger partial charge on any atom is -0.481 e. The van der Waals surface area contributed by atoms with Crippen LogP contribution >= 0.6 is 0 Å². The molecule has 2 aromatic carbocycles. The summed E-state index contributed by atoms with van der Waals surface area (Å²) in [5.41, 5.74) is 3.90. The summed E-state index contributed by atoms with van der Waals surface area (Å²) in [7, 11) is 1.33. The first-order chi connectivity index (χ1) is 11.8. The van der Waals surface area contributed by atoms with E-state index in [1.54, 1.807) is 32.0 Å². The number of hydrogen-bond acceptors (Lipinski definition) is 4. The molecule has 5 nitrogen and oxygen atoms in total. The zero-order chi connectivity index (χ0) is 18.6. The molecule has 0 radical (unpaired) electrons. The predicted octanol–water partition coefficient (Wildman–Crippen LogP) is 3.80. The molecule has 132 valence electrons. The Labute approximate surface area is 148 Å². The fourth-order valence-corrected chi connectivity index (χ4v) is 2.38. The van der Waals surface area contributed by atoms with E-state index in [2.05, 4.69) is 5.32 Å². The first kappa shape index (κ1) is 18.5. The molecule has 0 aliphatic rings. The van der Waals surface area contributed by atoms with E-state index < -0.39 is 12.1 Å². The van der Waals surface area contributed by atoms with Gasteiger partial charge in [-0.15, -0.1) is 0 Å². The van der Waals surface area contributed by atoms with Crippen molar-refractivity contribution in [1.82, 2.24) is 0 Å². The lowest BCUT2D eigenvalue weighted by Crippen LogP contribution is -2.30. The molecule has 1 atom stereocenters. The average molecular weight is 341 g/mol. The van der Waals surface area contributed by atoms with Gasteiger partial charge in [-0.25, -0.2) is 4.79 Å². The molecular formula is C20H23NO4. The van der Waals surface area contributed by atoms with Crippen LogP contribution in [0.15, 0.2) is 36.4 Å². The second kappa shape index (κ2) is 7.83. The number of rotatable bonds is 5. The summed E-state index contributed by atoms with van der Waals surface area (Å²) in [5.74, 6) is -0.0813. The summed E-state index contributed by atoms with van der Waals surface area (Å²) in [5, 5.41) is 2.80. The second-order valence-electron chi connectivity index (χ2n) is 5.97. The van der Waals surface area contributed by atoms with Crippen LogP contribution in [0.2, 0.25) is 0 Å². The summed E-state index contributed by atoms with van der Waals surface area (Å²) in [4.78, 5) is 24.2. The number of carbonyl (C=O) groups is 2. The number of benzene rings is 2.